The Bertz CT molecular complexity index is 495. The van der Waals surface area contributed by atoms with Gasteiger partial charge in [-0.1, -0.05) is 13.3 Å². The lowest BCUT2D eigenvalue weighted by Gasteiger charge is -2.12. The van der Waals surface area contributed by atoms with Gasteiger partial charge in [0.15, 0.2) is 0 Å². The average molecular weight is 257 g/mol. The number of aryl methyl sites for hydroxylation is 2. The molecule has 0 aliphatic carbocycles. The van der Waals surface area contributed by atoms with E-state index >= 15 is 0 Å². The van der Waals surface area contributed by atoms with Gasteiger partial charge < -0.3 is 4.74 Å². The van der Waals surface area contributed by atoms with Gasteiger partial charge in [-0.2, -0.15) is 0 Å². The molecule has 0 aromatic heterocycles. The Morgan fingerprint density at radius 3 is 2.41 bits per heavy atom. The van der Waals surface area contributed by atoms with Gasteiger partial charge in [-0.15, -0.1) is 0 Å². The van der Waals surface area contributed by atoms with Gasteiger partial charge in [0.25, 0.3) is 0 Å². The highest BCUT2D eigenvalue weighted by atomic mass is 32.2. The number of benzene rings is 1. The molecule has 0 radical (unpaired) electrons. The average Bonchev–Trinajstić information content (AvgIpc) is 2.21. The van der Waals surface area contributed by atoms with Crippen LogP contribution in [-0.2, 0) is 10.0 Å². The molecule has 0 aliphatic rings. The number of unbranched alkanes of at least 4 members (excludes halogenated alkanes) is 1. The molecule has 0 saturated carbocycles. The second-order valence-corrected chi connectivity index (χ2v) is 5.66. The highest BCUT2D eigenvalue weighted by molar-refractivity contribution is 7.89. The Morgan fingerprint density at radius 1 is 1.24 bits per heavy atom. The fourth-order valence-electron chi connectivity index (χ4n) is 1.55. The minimum absolute atomic E-state index is 0.165. The molecule has 1 aromatic carbocycles. The fourth-order valence-corrected chi connectivity index (χ4v) is 2.40. The molecule has 0 bridgehead atoms. The largest absolute Gasteiger partial charge is 0.493 e. The second kappa shape index (κ2) is 5.51. The van der Waals surface area contributed by atoms with Gasteiger partial charge in [-0.3, -0.25) is 0 Å². The first-order valence-electron chi connectivity index (χ1n) is 5.63. The summed E-state index contributed by atoms with van der Waals surface area (Å²) in [4.78, 5) is 0.165. The lowest BCUT2D eigenvalue weighted by atomic mass is 10.1. The van der Waals surface area contributed by atoms with Crippen molar-refractivity contribution in [3.63, 3.8) is 0 Å². The van der Waals surface area contributed by atoms with Gasteiger partial charge in [0.05, 0.1) is 11.5 Å². The van der Waals surface area contributed by atoms with Crippen LogP contribution in [0.5, 0.6) is 5.75 Å². The van der Waals surface area contributed by atoms with Crippen molar-refractivity contribution in [1.82, 2.24) is 0 Å². The summed E-state index contributed by atoms with van der Waals surface area (Å²) in [7, 11) is -3.65. The van der Waals surface area contributed by atoms with Crippen molar-refractivity contribution in [2.24, 2.45) is 5.14 Å². The van der Waals surface area contributed by atoms with Gasteiger partial charge in [0, 0.05) is 0 Å². The van der Waals surface area contributed by atoms with E-state index in [-0.39, 0.29) is 4.90 Å². The molecule has 0 amide bonds. The van der Waals surface area contributed by atoms with E-state index in [0.717, 1.165) is 24.2 Å². The first kappa shape index (κ1) is 14.0. The molecule has 5 heteroatoms. The Kier molecular flexibility index (Phi) is 4.54. The van der Waals surface area contributed by atoms with Crippen molar-refractivity contribution < 1.29 is 13.2 Å². The molecule has 0 spiro atoms. The first-order valence-corrected chi connectivity index (χ1v) is 7.17. The molecule has 1 aromatic rings. The van der Waals surface area contributed by atoms with Crippen LogP contribution in [0.4, 0.5) is 0 Å². The standard InChI is InChI=1S/C12H19NO3S/c1-4-5-6-16-11-7-10(3)12(8-9(11)2)17(13,14)15/h7-8H,4-6H2,1-3H3,(H2,13,14,15). The Hall–Kier alpha value is -1.07. The summed E-state index contributed by atoms with van der Waals surface area (Å²) in [6, 6.07) is 3.29. The first-order chi connectivity index (χ1) is 7.86. The number of hydrogen-bond donors (Lipinski definition) is 1. The molecule has 96 valence electrons. The quantitative estimate of drug-likeness (QED) is 0.821. The summed E-state index contributed by atoms with van der Waals surface area (Å²) in [6.45, 7) is 6.26. The number of primary sulfonamides is 1. The maximum atomic E-state index is 11.3. The van der Waals surface area contributed by atoms with Crippen LogP contribution in [0.1, 0.15) is 30.9 Å². The zero-order valence-electron chi connectivity index (χ0n) is 10.5. The van der Waals surface area contributed by atoms with E-state index in [1.165, 1.54) is 0 Å². The van der Waals surface area contributed by atoms with E-state index in [0.29, 0.717) is 12.2 Å². The molecule has 0 aliphatic heterocycles. The second-order valence-electron chi connectivity index (χ2n) is 4.13. The Labute approximate surface area is 103 Å². The summed E-state index contributed by atoms with van der Waals surface area (Å²) in [6.07, 6.45) is 2.04. The van der Waals surface area contributed by atoms with Crippen molar-refractivity contribution in [2.45, 2.75) is 38.5 Å². The van der Waals surface area contributed by atoms with E-state index in [2.05, 4.69) is 6.92 Å². The number of rotatable bonds is 5. The summed E-state index contributed by atoms with van der Waals surface area (Å²) in [5, 5.41) is 5.13. The normalized spacial score (nSPS) is 11.5. The molecule has 0 fully saturated rings. The lowest BCUT2D eigenvalue weighted by Crippen LogP contribution is -2.14. The predicted octanol–water partition coefficient (Wildman–Crippen LogP) is 2.13. The van der Waals surface area contributed by atoms with E-state index in [9.17, 15) is 8.42 Å². The summed E-state index contributed by atoms with van der Waals surface area (Å²) >= 11 is 0. The molecule has 1 rings (SSSR count). The molecule has 2 N–H and O–H groups in total. The van der Waals surface area contributed by atoms with Crippen LogP contribution in [-0.4, -0.2) is 15.0 Å². The highest BCUT2D eigenvalue weighted by Gasteiger charge is 2.14. The predicted molar refractivity (Wildman–Crippen MR) is 67.7 cm³/mol. The summed E-state index contributed by atoms with van der Waals surface area (Å²) < 4.78 is 28.2. The van der Waals surface area contributed by atoms with Gasteiger partial charge in [-0.25, -0.2) is 13.6 Å². The lowest BCUT2D eigenvalue weighted by molar-refractivity contribution is 0.307. The van der Waals surface area contributed by atoms with E-state index in [1.54, 1.807) is 19.1 Å². The van der Waals surface area contributed by atoms with Crippen molar-refractivity contribution in [2.75, 3.05) is 6.61 Å². The Balaban J connectivity index is 3.02. The smallest absolute Gasteiger partial charge is 0.238 e. The zero-order chi connectivity index (χ0) is 13.1. The van der Waals surface area contributed by atoms with Gasteiger partial charge >= 0.3 is 0 Å². The van der Waals surface area contributed by atoms with E-state index in [1.807, 2.05) is 6.92 Å². The van der Waals surface area contributed by atoms with Crippen LogP contribution in [0.25, 0.3) is 0 Å². The Morgan fingerprint density at radius 2 is 1.88 bits per heavy atom. The van der Waals surface area contributed by atoms with Crippen LogP contribution in [0.2, 0.25) is 0 Å². The maximum absolute atomic E-state index is 11.3. The topological polar surface area (TPSA) is 69.4 Å². The van der Waals surface area contributed by atoms with Crippen LogP contribution in [0.15, 0.2) is 17.0 Å². The minimum Gasteiger partial charge on any atom is -0.493 e. The minimum atomic E-state index is -3.65. The molecule has 0 heterocycles. The maximum Gasteiger partial charge on any atom is 0.238 e. The molecule has 17 heavy (non-hydrogen) atoms. The highest BCUT2D eigenvalue weighted by Crippen LogP contribution is 2.25. The number of nitrogens with two attached hydrogens (primary N) is 1. The van der Waals surface area contributed by atoms with Crippen molar-refractivity contribution in [3.8, 4) is 5.75 Å². The number of ether oxygens (including phenoxy) is 1. The SMILES string of the molecule is CCCCOc1cc(C)c(S(N)(=O)=O)cc1C. The monoisotopic (exact) mass is 257 g/mol. The van der Waals surface area contributed by atoms with E-state index < -0.39 is 10.0 Å². The van der Waals surface area contributed by atoms with Crippen molar-refractivity contribution >= 4 is 10.0 Å². The number of sulfonamides is 1. The molecular formula is C12H19NO3S. The summed E-state index contributed by atoms with van der Waals surface area (Å²) in [5.41, 5.74) is 1.40. The van der Waals surface area contributed by atoms with Gasteiger partial charge in [-0.05, 0) is 43.5 Å². The third-order valence-electron chi connectivity index (χ3n) is 2.53. The van der Waals surface area contributed by atoms with Gasteiger partial charge in [0.1, 0.15) is 5.75 Å². The number of hydrogen-bond acceptors (Lipinski definition) is 3. The molecule has 0 atom stereocenters. The van der Waals surface area contributed by atoms with Crippen LogP contribution < -0.4 is 9.88 Å². The molecule has 0 unspecified atom stereocenters. The molecular weight excluding hydrogens is 238 g/mol. The molecule has 0 saturated heterocycles. The van der Waals surface area contributed by atoms with Crippen molar-refractivity contribution in [1.29, 1.82) is 0 Å². The summed E-state index contributed by atoms with van der Waals surface area (Å²) in [5.74, 6) is 0.725. The zero-order valence-corrected chi connectivity index (χ0v) is 11.3. The van der Waals surface area contributed by atoms with Crippen LogP contribution in [0, 0.1) is 13.8 Å². The van der Waals surface area contributed by atoms with Crippen LogP contribution in [0.3, 0.4) is 0 Å². The third-order valence-corrected chi connectivity index (χ3v) is 3.59. The van der Waals surface area contributed by atoms with Gasteiger partial charge in [0.2, 0.25) is 10.0 Å². The van der Waals surface area contributed by atoms with Crippen molar-refractivity contribution in [3.05, 3.63) is 23.3 Å². The molecule has 4 nitrogen and oxygen atoms in total. The van der Waals surface area contributed by atoms with Crippen LogP contribution >= 0.6 is 0 Å². The third kappa shape index (κ3) is 3.71. The van der Waals surface area contributed by atoms with E-state index in [4.69, 9.17) is 9.88 Å². The fraction of sp³-hybridized carbons (Fsp3) is 0.500.